The van der Waals surface area contributed by atoms with E-state index in [1.807, 2.05) is 0 Å². The molecule has 0 aromatic carbocycles. The first-order valence-corrected chi connectivity index (χ1v) is 5.84. The highest BCUT2D eigenvalue weighted by atomic mass is 16.2. The highest BCUT2D eigenvalue weighted by Crippen LogP contribution is 2.30. The van der Waals surface area contributed by atoms with Crippen molar-refractivity contribution in [3.63, 3.8) is 0 Å². The summed E-state index contributed by atoms with van der Waals surface area (Å²) >= 11 is 0. The van der Waals surface area contributed by atoms with Gasteiger partial charge in [-0.05, 0) is 24.8 Å². The second-order valence-corrected chi connectivity index (χ2v) is 5.15. The van der Waals surface area contributed by atoms with Gasteiger partial charge in [0.25, 0.3) is 0 Å². The van der Waals surface area contributed by atoms with E-state index in [1.54, 1.807) is 11.9 Å². The van der Waals surface area contributed by atoms with E-state index in [1.165, 1.54) is 0 Å². The molecule has 1 rings (SSSR count). The molecule has 1 atom stereocenters. The highest BCUT2D eigenvalue weighted by molar-refractivity contribution is 5.82. The van der Waals surface area contributed by atoms with Crippen LogP contribution >= 0.6 is 0 Å². The van der Waals surface area contributed by atoms with Crippen LogP contribution < -0.4 is 5.32 Å². The molecule has 0 aromatic heterocycles. The van der Waals surface area contributed by atoms with E-state index in [-0.39, 0.29) is 17.4 Å². The fourth-order valence-corrected chi connectivity index (χ4v) is 2.18. The Labute approximate surface area is 97.6 Å². The van der Waals surface area contributed by atoms with Gasteiger partial charge in [0.1, 0.15) is 0 Å². The van der Waals surface area contributed by atoms with Gasteiger partial charge in [-0.15, -0.1) is 0 Å². The van der Waals surface area contributed by atoms with Crippen LogP contribution in [0.3, 0.4) is 0 Å². The summed E-state index contributed by atoms with van der Waals surface area (Å²) in [4.78, 5) is 13.8. The maximum absolute atomic E-state index is 12.2. The number of hydrogen-bond acceptors (Lipinski definition) is 3. The van der Waals surface area contributed by atoms with Crippen LogP contribution in [0.4, 0.5) is 0 Å². The minimum Gasteiger partial charge on any atom is -0.343 e. The molecular formula is C12H21N3O. The normalized spacial score (nSPS) is 23.5. The van der Waals surface area contributed by atoms with Crippen LogP contribution in [0.25, 0.3) is 0 Å². The first kappa shape index (κ1) is 13.0. The van der Waals surface area contributed by atoms with Gasteiger partial charge in [-0.3, -0.25) is 4.79 Å². The van der Waals surface area contributed by atoms with Gasteiger partial charge in [-0.25, -0.2) is 0 Å². The molecule has 16 heavy (non-hydrogen) atoms. The van der Waals surface area contributed by atoms with Gasteiger partial charge in [0.2, 0.25) is 5.91 Å². The minimum absolute atomic E-state index is 0.0102. The number of nitrogens with one attached hydrogen (secondary N) is 1. The average molecular weight is 223 g/mol. The molecule has 1 aliphatic rings. The van der Waals surface area contributed by atoms with Gasteiger partial charge < -0.3 is 10.2 Å². The standard InChI is InChI=1S/C12H21N3O/c1-12(2)6-4-8-14-10(12)11(16)15(3)9-5-7-13/h10,14H,4-6,8-9H2,1-3H3. The third kappa shape index (κ3) is 2.96. The molecule has 1 amide bonds. The molecule has 0 saturated carbocycles. The molecule has 1 saturated heterocycles. The van der Waals surface area contributed by atoms with E-state index in [2.05, 4.69) is 25.2 Å². The van der Waals surface area contributed by atoms with Gasteiger partial charge in [0, 0.05) is 13.6 Å². The van der Waals surface area contributed by atoms with Gasteiger partial charge in [-0.2, -0.15) is 5.26 Å². The molecule has 4 nitrogen and oxygen atoms in total. The van der Waals surface area contributed by atoms with E-state index >= 15 is 0 Å². The van der Waals surface area contributed by atoms with E-state index in [4.69, 9.17) is 5.26 Å². The summed E-state index contributed by atoms with van der Waals surface area (Å²) < 4.78 is 0. The van der Waals surface area contributed by atoms with Crippen molar-refractivity contribution in [2.75, 3.05) is 20.1 Å². The van der Waals surface area contributed by atoms with Crippen LogP contribution in [-0.4, -0.2) is 37.0 Å². The molecule has 4 heteroatoms. The van der Waals surface area contributed by atoms with E-state index < -0.39 is 0 Å². The van der Waals surface area contributed by atoms with Crippen LogP contribution in [0.2, 0.25) is 0 Å². The number of carbonyl (C=O) groups excluding carboxylic acids is 1. The summed E-state index contributed by atoms with van der Waals surface area (Å²) in [6.07, 6.45) is 2.59. The highest BCUT2D eigenvalue weighted by Gasteiger charge is 2.38. The van der Waals surface area contributed by atoms with Crippen molar-refractivity contribution >= 4 is 5.91 Å². The Kier molecular flexibility index (Phi) is 4.31. The molecule has 1 heterocycles. The van der Waals surface area contributed by atoms with Crippen molar-refractivity contribution in [2.45, 2.75) is 39.2 Å². The second kappa shape index (κ2) is 5.31. The van der Waals surface area contributed by atoms with Crippen LogP contribution in [-0.2, 0) is 4.79 Å². The number of piperidine rings is 1. The Morgan fingerprint density at radius 1 is 1.62 bits per heavy atom. The van der Waals surface area contributed by atoms with Crippen molar-refractivity contribution in [1.29, 1.82) is 5.26 Å². The lowest BCUT2D eigenvalue weighted by Gasteiger charge is -2.40. The van der Waals surface area contributed by atoms with Gasteiger partial charge in [0.15, 0.2) is 0 Å². The smallest absolute Gasteiger partial charge is 0.240 e. The fourth-order valence-electron chi connectivity index (χ4n) is 2.18. The third-order valence-electron chi connectivity index (χ3n) is 3.31. The molecule has 0 aromatic rings. The zero-order valence-corrected chi connectivity index (χ0v) is 10.4. The quantitative estimate of drug-likeness (QED) is 0.780. The second-order valence-electron chi connectivity index (χ2n) is 5.15. The SMILES string of the molecule is CN(CCC#N)C(=O)C1NCCCC1(C)C. The van der Waals surface area contributed by atoms with Crippen LogP contribution in [0.1, 0.15) is 33.1 Å². The Balaban J connectivity index is 2.61. The summed E-state index contributed by atoms with van der Waals surface area (Å²) in [5.41, 5.74) is 0.0102. The molecule has 0 bridgehead atoms. The number of nitriles is 1. The van der Waals surface area contributed by atoms with Crippen LogP contribution in [0.15, 0.2) is 0 Å². The molecule has 0 aliphatic carbocycles. The van der Waals surface area contributed by atoms with E-state index in [0.717, 1.165) is 19.4 Å². The third-order valence-corrected chi connectivity index (χ3v) is 3.31. The fraction of sp³-hybridized carbons (Fsp3) is 0.833. The number of rotatable bonds is 3. The Bertz CT molecular complexity index is 293. The molecular weight excluding hydrogens is 202 g/mol. The molecule has 1 unspecified atom stereocenters. The predicted molar refractivity (Wildman–Crippen MR) is 62.7 cm³/mol. The van der Waals surface area contributed by atoms with Crippen molar-refractivity contribution in [2.24, 2.45) is 5.41 Å². The maximum Gasteiger partial charge on any atom is 0.240 e. The number of nitrogens with zero attached hydrogens (tertiary/aromatic N) is 2. The number of carbonyl (C=O) groups is 1. The molecule has 1 aliphatic heterocycles. The number of amides is 1. The topological polar surface area (TPSA) is 56.1 Å². The van der Waals surface area contributed by atoms with Gasteiger partial charge >= 0.3 is 0 Å². The lowest BCUT2D eigenvalue weighted by molar-refractivity contribution is -0.136. The Morgan fingerprint density at radius 2 is 2.31 bits per heavy atom. The Hall–Kier alpha value is -1.08. The van der Waals surface area contributed by atoms with Crippen molar-refractivity contribution in [1.82, 2.24) is 10.2 Å². The van der Waals surface area contributed by atoms with E-state index in [0.29, 0.717) is 13.0 Å². The van der Waals surface area contributed by atoms with Crippen LogP contribution in [0.5, 0.6) is 0 Å². The first-order valence-electron chi connectivity index (χ1n) is 5.84. The molecule has 1 fully saturated rings. The maximum atomic E-state index is 12.2. The molecule has 0 radical (unpaired) electrons. The van der Waals surface area contributed by atoms with Gasteiger partial charge in [0.05, 0.1) is 18.5 Å². The lowest BCUT2D eigenvalue weighted by Crippen LogP contribution is -2.55. The molecule has 90 valence electrons. The summed E-state index contributed by atoms with van der Waals surface area (Å²) in [7, 11) is 1.77. The van der Waals surface area contributed by atoms with Crippen molar-refractivity contribution < 1.29 is 4.79 Å². The van der Waals surface area contributed by atoms with Crippen molar-refractivity contribution in [3.05, 3.63) is 0 Å². The zero-order valence-electron chi connectivity index (χ0n) is 10.4. The van der Waals surface area contributed by atoms with Crippen molar-refractivity contribution in [3.8, 4) is 6.07 Å². The number of likely N-dealkylation sites (N-methyl/N-ethyl adjacent to an activating group) is 1. The summed E-state index contributed by atoms with van der Waals surface area (Å²) in [5, 5.41) is 11.8. The summed E-state index contributed by atoms with van der Waals surface area (Å²) in [6, 6.07) is 1.96. The molecule has 0 spiro atoms. The largest absolute Gasteiger partial charge is 0.343 e. The lowest BCUT2D eigenvalue weighted by atomic mass is 9.77. The monoisotopic (exact) mass is 223 g/mol. The Morgan fingerprint density at radius 3 is 2.88 bits per heavy atom. The molecule has 1 N–H and O–H groups in total. The van der Waals surface area contributed by atoms with Crippen LogP contribution in [0, 0.1) is 16.7 Å². The zero-order chi connectivity index (χ0) is 12.2. The van der Waals surface area contributed by atoms with E-state index in [9.17, 15) is 4.79 Å². The summed E-state index contributed by atoms with van der Waals surface area (Å²) in [5.74, 6) is 0.111. The average Bonchev–Trinajstić information content (AvgIpc) is 2.24. The summed E-state index contributed by atoms with van der Waals surface area (Å²) in [6.45, 7) is 5.68. The predicted octanol–water partition coefficient (Wildman–Crippen LogP) is 1.14. The minimum atomic E-state index is -0.107. The van der Waals surface area contributed by atoms with Gasteiger partial charge in [-0.1, -0.05) is 13.8 Å². The number of hydrogen-bond donors (Lipinski definition) is 1. The first-order chi connectivity index (χ1) is 7.49.